The van der Waals surface area contributed by atoms with E-state index in [1.165, 1.54) is 40.6 Å². The van der Waals surface area contributed by atoms with Gasteiger partial charge in [-0.3, -0.25) is 0 Å². The fourth-order valence-electron chi connectivity index (χ4n) is 4.50. The molecular weight excluding hydrogens is 394 g/mol. The smallest absolute Gasteiger partial charge is 0.259 e. The summed E-state index contributed by atoms with van der Waals surface area (Å²) in [6.45, 7) is 0. The van der Waals surface area contributed by atoms with Gasteiger partial charge in [0.25, 0.3) is 5.79 Å². The van der Waals surface area contributed by atoms with Crippen molar-refractivity contribution in [3.63, 3.8) is 0 Å². The minimum atomic E-state index is -4.31. The molecule has 0 unspecified atom stereocenters. The van der Waals surface area contributed by atoms with Gasteiger partial charge >= 0.3 is 0 Å². The molecule has 154 valence electrons. The van der Waals surface area contributed by atoms with Crippen LogP contribution in [0.1, 0.15) is 11.5 Å². The third-order valence-electron chi connectivity index (χ3n) is 5.69. The number of hydrogen-bond donors (Lipinski definition) is 0. The van der Waals surface area contributed by atoms with E-state index in [2.05, 4.69) is 0 Å². The summed E-state index contributed by atoms with van der Waals surface area (Å²) in [5, 5.41) is 10.4. The second-order valence-electron chi connectivity index (χ2n) is 6.61. The minimum absolute atomic E-state index is 0.0261. The van der Waals surface area contributed by atoms with Gasteiger partial charge in [0.05, 0.1) is 16.9 Å². The molecule has 0 heterocycles. The fourth-order valence-corrected chi connectivity index (χ4v) is 6.77. The molecule has 3 rings (SSSR count). The second kappa shape index (κ2) is 7.52. The first-order chi connectivity index (χ1) is 13.9. The van der Waals surface area contributed by atoms with Crippen LogP contribution in [0.3, 0.4) is 0 Å². The third-order valence-corrected chi connectivity index (χ3v) is 8.03. The van der Waals surface area contributed by atoms with Gasteiger partial charge in [-0.05, 0) is 17.7 Å². The van der Waals surface area contributed by atoms with E-state index in [1.54, 1.807) is 48.5 Å². The highest BCUT2D eigenvalue weighted by atomic mass is 32.2. The number of nitrogens with zero attached hydrogens (tertiary/aromatic N) is 1. The van der Waals surface area contributed by atoms with Gasteiger partial charge < -0.3 is 18.9 Å². The highest BCUT2D eigenvalue weighted by Gasteiger charge is 2.90. The molecule has 2 atom stereocenters. The van der Waals surface area contributed by atoms with Crippen molar-refractivity contribution in [1.29, 1.82) is 5.26 Å². The van der Waals surface area contributed by atoms with Gasteiger partial charge in [0.15, 0.2) is 0 Å². The predicted octanol–water partition coefficient (Wildman–Crippen LogP) is 2.50. The number of benzene rings is 2. The van der Waals surface area contributed by atoms with E-state index < -0.39 is 32.1 Å². The van der Waals surface area contributed by atoms with Crippen molar-refractivity contribution in [2.45, 2.75) is 27.1 Å². The standard InChI is InChI=1S/C21H23NO6S/c1-25-20(26-2)18(16-11-7-5-8-12-16)19(15-22,21(20,27-3)28-4)29(23,24)17-13-9-6-10-14-17/h5-14,18H,1-4H3/t18-,19+/m1/s1. The van der Waals surface area contributed by atoms with Crippen LogP contribution >= 0.6 is 0 Å². The summed E-state index contributed by atoms with van der Waals surface area (Å²) in [5.74, 6) is -4.79. The van der Waals surface area contributed by atoms with Gasteiger partial charge in [0.2, 0.25) is 20.4 Å². The average molecular weight is 417 g/mol. The number of hydrogen-bond acceptors (Lipinski definition) is 7. The Labute approximate surface area is 170 Å². The van der Waals surface area contributed by atoms with Gasteiger partial charge in [-0.25, -0.2) is 8.42 Å². The molecule has 1 aliphatic carbocycles. The number of rotatable bonds is 7. The summed E-state index contributed by atoms with van der Waals surface area (Å²) in [6, 6.07) is 18.5. The van der Waals surface area contributed by atoms with Gasteiger partial charge in [-0.1, -0.05) is 48.5 Å². The maximum Gasteiger partial charge on any atom is 0.259 e. The zero-order valence-corrected chi connectivity index (χ0v) is 17.5. The van der Waals surface area contributed by atoms with Crippen molar-refractivity contribution < 1.29 is 27.4 Å². The fraction of sp³-hybridized carbons (Fsp3) is 0.381. The molecule has 0 bridgehead atoms. The molecule has 2 aromatic rings. The van der Waals surface area contributed by atoms with Crippen molar-refractivity contribution in [2.75, 3.05) is 28.4 Å². The van der Waals surface area contributed by atoms with Crippen molar-refractivity contribution in [2.24, 2.45) is 0 Å². The Bertz CT molecular complexity index is 994. The van der Waals surface area contributed by atoms with E-state index in [0.717, 1.165) is 0 Å². The second-order valence-corrected chi connectivity index (χ2v) is 8.73. The topological polar surface area (TPSA) is 94.9 Å². The van der Waals surface area contributed by atoms with Crippen molar-refractivity contribution in [3.8, 4) is 6.07 Å². The van der Waals surface area contributed by atoms with Crippen LogP contribution in [0.2, 0.25) is 0 Å². The van der Waals surface area contributed by atoms with Crippen molar-refractivity contribution >= 4 is 9.84 Å². The molecular formula is C21H23NO6S. The van der Waals surface area contributed by atoms with Gasteiger partial charge in [-0.15, -0.1) is 0 Å². The Morgan fingerprint density at radius 1 is 0.828 bits per heavy atom. The highest BCUT2D eigenvalue weighted by molar-refractivity contribution is 7.93. The molecule has 0 N–H and O–H groups in total. The molecule has 0 saturated heterocycles. The highest BCUT2D eigenvalue weighted by Crippen LogP contribution is 2.68. The molecule has 8 heteroatoms. The molecule has 1 fully saturated rings. The quantitative estimate of drug-likeness (QED) is 0.639. The van der Waals surface area contributed by atoms with E-state index in [9.17, 15) is 13.7 Å². The van der Waals surface area contributed by atoms with Crippen molar-refractivity contribution in [1.82, 2.24) is 0 Å². The summed E-state index contributed by atoms with van der Waals surface area (Å²) >= 11 is 0. The summed E-state index contributed by atoms with van der Waals surface area (Å²) < 4.78 is 48.2. The molecule has 0 radical (unpaired) electrons. The SMILES string of the molecule is COC1(OC)[C@H](c2ccccc2)[C@](C#N)(S(=O)(=O)c2ccccc2)C1(OC)OC. The van der Waals surface area contributed by atoms with E-state index in [1.807, 2.05) is 6.07 Å². The first-order valence-electron chi connectivity index (χ1n) is 8.85. The lowest BCUT2D eigenvalue weighted by Gasteiger charge is -2.66. The zero-order chi connectivity index (χ0) is 21.3. The van der Waals surface area contributed by atoms with Crippen LogP contribution < -0.4 is 0 Å². The molecule has 0 aliphatic heterocycles. The molecule has 7 nitrogen and oxygen atoms in total. The van der Waals surface area contributed by atoms with Gasteiger partial charge in [0, 0.05) is 28.4 Å². The predicted molar refractivity (Wildman–Crippen MR) is 105 cm³/mol. The Kier molecular flexibility index (Phi) is 5.56. The normalized spacial score (nSPS) is 25.0. The van der Waals surface area contributed by atoms with E-state index >= 15 is 0 Å². The van der Waals surface area contributed by atoms with E-state index in [0.29, 0.717) is 5.56 Å². The van der Waals surface area contributed by atoms with Crippen LogP contribution in [0.4, 0.5) is 0 Å². The lowest BCUT2D eigenvalue weighted by molar-refractivity contribution is -0.455. The van der Waals surface area contributed by atoms with Gasteiger partial charge in [-0.2, -0.15) is 5.26 Å². The first kappa shape index (κ1) is 21.4. The number of methoxy groups -OCH3 is 4. The molecule has 0 aromatic heterocycles. The minimum Gasteiger partial charge on any atom is -0.348 e. The largest absolute Gasteiger partial charge is 0.348 e. The third kappa shape index (κ3) is 2.40. The number of ether oxygens (including phenoxy) is 4. The Balaban J connectivity index is 2.42. The first-order valence-corrected chi connectivity index (χ1v) is 10.3. The van der Waals surface area contributed by atoms with E-state index in [4.69, 9.17) is 18.9 Å². The maximum atomic E-state index is 13.9. The Morgan fingerprint density at radius 3 is 1.72 bits per heavy atom. The Morgan fingerprint density at radius 2 is 1.31 bits per heavy atom. The van der Waals surface area contributed by atoms with E-state index in [-0.39, 0.29) is 4.90 Å². The molecule has 0 spiro atoms. The number of nitriles is 1. The van der Waals surface area contributed by atoms with Crippen LogP contribution in [-0.4, -0.2) is 53.2 Å². The van der Waals surface area contributed by atoms with Crippen LogP contribution in [0.25, 0.3) is 0 Å². The lowest BCUT2D eigenvalue weighted by Crippen LogP contribution is -2.88. The maximum absolute atomic E-state index is 13.9. The van der Waals surface area contributed by atoms with Crippen LogP contribution in [0.15, 0.2) is 65.6 Å². The molecule has 2 aromatic carbocycles. The molecule has 0 amide bonds. The number of sulfone groups is 1. The van der Waals surface area contributed by atoms with Crippen LogP contribution in [0, 0.1) is 11.3 Å². The average Bonchev–Trinajstić information content (AvgIpc) is 2.76. The lowest BCUT2D eigenvalue weighted by atomic mass is 9.58. The van der Waals surface area contributed by atoms with Crippen LogP contribution in [0.5, 0.6) is 0 Å². The molecule has 29 heavy (non-hydrogen) atoms. The van der Waals surface area contributed by atoms with Crippen LogP contribution in [-0.2, 0) is 28.8 Å². The summed E-state index contributed by atoms with van der Waals surface area (Å²) in [5.41, 5.74) is 0.544. The molecule has 1 saturated carbocycles. The monoisotopic (exact) mass is 417 g/mol. The zero-order valence-electron chi connectivity index (χ0n) is 16.7. The Hall–Kier alpha value is -2.28. The summed E-state index contributed by atoms with van der Waals surface area (Å²) in [4.78, 5) is -0.0261. The summed E-state index contributed by atoms with van der Waals surface area (Å²) in [7, 11) is 0.958. The van der Waals surface area contributed by atoms with Crippen molar-refractivity contribution in [3.05, 3.63) is 66.2 Å². The van der Waals surface area contributed by atoms with Gasteiger partial charge in [0.1, 0.15) is 0 Å². The summed E-state index contributed by atoms with van der Waals surface area (Å²) in [6.07, 6.45) is 0. The molecule has 1 aliphatic rings.